The molecular formula is C13H16BrCl2NO3S. The summed E-state index contributed by atoms with van der Waals surface area (Å²) in [5, 5.41) is 0.227. The standard InChI is InChI=1S/C13H16BrCl2NO3S/c14-10-8-11(15)13(12(9-10)21(16,18)19)20-7-3-6-17-4-1-2-5-17/h8-9H,1-7H2. The van der Waals surface area contributed by atoms with Crippen molar-refractivity contribution in [1.29, 1.82) is 0 Å². The van der Waals surface area contributed by atoms with Gasteiger partial charge in [0, 0.05) is 21.7 Å². The molecule has 0 N–H and O–H groups in total. The van der Waals surface area contributed by atoms with E-state index in [0.29, 0.717) is 11.1 Å². The SMILES string of the molecule is O=S(=O)(Cl)c1cc(Br)cc(Cl)c1OCCCN1CCCC1. The van der Waals surface area contributed by atoms with Crippen molar-refractivity contribution >= 4 is 47.3 Å². The monoisotopic (exact) mass is 415 g/mol. The molecule has 1 aromatic carbocycles. The average Bonchev–Trinajstić information content (AvgIpc) is 2.87. The Balaban J connectivity index is 2.01. The van der Waals surface area contributed by atoms with Gasteiger partial charge in [-0.3, -0.25) is 0 Å². The van der Waals surface area contributed by atoms with E-state index in [1.54, 1.807) is 6.07 Å². The maximum absolute atomic E-state index is 11.6. The lowest BCUT2D eigenvalue weighted by Gasteiger charge is -2.16. The average molecular weight is 417 g/mol. The second kappa shape index (κ2) is 7.51. The first-order valence-electron chi connectivity index (χ1n) is 6.67. The largest absolute Gasteiger partial charge is 0.491 e. The molecule has 1 saturated heterocycles. The summed E-state index contributed by atoms with van der Waals surface area (Å²) in [7, 11) is 1.52. The first-order chi connectivity index (χ1) is 9.88. The molecule has 0 aromatic heterocycles. The van der Waals surface area contributed by atoms with Gasteiger partial charge in [-0.05, 0) is 44.5 Å². The van der Waals surface area contributed by atoms with Crippen molar-refractivity contribution in [2.75, 3.05) is 26.2 Å². The molecule has 1 heterocycles. The van der Waals surface area contributed by atoms with Crippen molar-refractivity contribution in [2.45, 2.75) is 24.2 Å². The Kier molecular flexibility index (Phi) is 6.20. The summed E-state index contributed by atoms with van der Waals surface area (Å²) in [4.78, 5) is 2.26. The first kappa shape index (κ1) is 17.3. The number of ether oxygens (including phenoxy) is 1. The van der Waals surface area contributed by atoms with Gasteiger partial charge in [0.1, 0.15) is 4.90 Å². The molecule has 118 valence electrons. The van der Waals surface area contributed by atoms with Crippen LogP contribution in [0.25, 0.3) is 0 Å². The Hall–Kier alpha value is -0.0100. The third-order valence-electron chi connectivity index (χ3n) is 3.30. The maximum atomic E-state index is 11.6. The van der Waals surface area contributed by atoms with Gasteiger partial charge in [-0.15, -0.1) is 0 Å². The van der Waals surface area contributed by atoms with Crippen LogP contribution in [0.5, 0.6) is 5.75 Å². The van der Waals surface area contributed by atoms with E-state index in [2.05, 4.69) is 20.8 Å². The molecule has 0 atom stereocenters. The van der Waals surface area contributed by atoms with Crippen LogP contribution in [0.4, 0.5) is 0 Å². The molecule has 8 heteroatoms. The van der Waals surface area contributed by atoms with Crippen molar-refractivity contribution in [3.05, 3.63) is 21.6 Å². The van der Waals surface area contributed by atoms with E-state index < -0.39 is 9.05 Å². The van der Waals surface area contributed by atoms with Crippen LogP contribution in [0, 0.1) is 0 Å². The molecule has 0 spiro atoms. The minimum absolute atomic E-state index is 0.107. The minimum Gasteiger partial charge on any atom is -0.491 e. The van der Waals surface area contributed by atoms with Gasteiger partial charge in [0.25, 0.3) is 9.05 Å². The molecule has 1 fully saturated rings. The highest BCUT2D eigenvalue weighted by Gasteiger charge is 2.21. The molecular weight excluding hydrogens is 401 g/mol. The van der Waals surface area contributed by atoms with Crippen LogP contribution in [0.2, 0.25) is 5.02 Å². The summed E-state index contributed by atoms with van der Waals surface area (Å²) in [5.41, 5.74) is 0. The summed E-state index contributed by atoms with van der Waals surface area (Å²) in [6.45, 7) is 3.59. The Labute approximate surface area is 142 Å². The first-order valence-corrected chi connectivity index (χ1v) is 10.1. The number of likely N-dealkylation sites (tertiary alicyclic amines) is 1. The summed E-state index contributed by atoms with van der Waals surface area (Å²) in [5.74, 6) is 0.122. The predicted octanol–water partition coefficient (Wildman–Crippen LogP) is 3.89. The minimum atomic E-state index is -3.91. The third-order valence-corrected chi connectivity index (χ3v) is 5.37. The molecule has 2 rings (SSSR count). The van der Waals surface area contributed by atoms with E-state index >= 15 is 0 Å². The van der Waals surface area contributed by atoms with E-state index in [-0.39, 0.29) is 15.7 Å². The predicted molar refractivity (Wildman–Crippen MR) is 88.0 cm³/mol. The van der Waals surface area contributed by atoms with Crippen LogP contribution in [0.3, 0.4) is 0 Å². The second-order valence-electron chi connectivity index (χ2n) is 4.90. The summed E-state index contributed by atoms with van der Waals surface area (Å²) in [6.07, 6.45) is 3.30. The zero-order chi connectivity index (χ0) is 15.5. The molecule has 0 bridgehead atoms. The Bertz CT molecular complexity index is 604. The normalized spacial score (nSPS) is 16.3. The highest BCUT2D eigenvalue weighted by Crippen LogP contribution is 2.37. The van der Waals surface area contributed by atoms with Gasteiger partial charge in [0.05, 0.1) is 11.6 Å². The van der Waals surface area contributed by atoms with Gasteiger partial charge in [0.2, 0.25) is 0 Å². The van der Waals surface area contributed by atoms with Crippen LogP contribution in [0.15, 0.2) is 21.5 Å². The van der Waals surface area contributed by atoms with Crippen molar-refractivity contribution in [2.24, 2.45) is 0 Å². The Morgan fingerprint density at radius 2 is 1.95 bits per heavy atom. The molecule has 21 heavy (non-hydrogen) atoms. The molecule has 0 unspecified atom stereocenters. The smallest absolute Gasteiger partial charge is 0.265 e. The van der Waals surface area contributed by atoms with Crippen LogP contribution in [-0.4, -0.2) is 39.6 Å². The van der Waals surface area contributed by atoms with Crippen LogP contribution in [-0.2, 0) is 9.05 Å². The number of hydrogen-bond donors (Lipinski definition) is 0. The Morgan fingerprint density at radius 1 is 1.29 bits per heavy atom. The van der Waals surface area contributed by atoms with Crippen molar-refractivity contribution in [3.63, 3.8) is 0 Å². The highest BCUT2D eigenvalue weighted by atomic mass is 79.9. The van der Waals surface area contributed by atoms with E-state index in [1.165, 1.54) is 18.9 Å². The third kappa shape index (κ3) is 4.99. The summed E-state index contributed by atoms with van der Waals surface area (Å²) in [6, 6.07) is 2.98. The number of nitrogens with zero attached hydrogens (tertiary/aromatic N) is 1. The summed E-state index contributed by atoms with van der Waals surface area (Å²) >= 11 is 9.25. The molecule has 0 radical (unpaired) electrons. The van der Waals surface area contributed by atoms with Crippen LogP contribution >= 0.6 is 38.2 Å². The fourth-order valence-electron chi connectivity index (χ4n) is 2.33. The number of benzene rings is 1. The van der Waals surface area contributed by atoms with Crippen LogP contribution < -0.4 is 4.74 Å². The Morgan fingerprint density at radius 3 is 2.57 bits per heavy atom. The maximum Gasteiger partial charge on any atom is 0.265 e. The molecule has 1 aliphatic rings. The van der Waals surface area contributed by atoms with Gasteiger partial charge in [-0.2, -0.15) is 0 Å². The lowest BCUT2D eigenvalue weighted by molar-refractivity contribution is 0.259. The van der Waals surface area contributed by atoms with Crippen molar-refractivity contribution in [1.82, 2.24) is 4.90 Å². The number of rotatable bonds is 6. The van der Waals surface area contributed by atoms with E-state index in [0.717, 1.165) is 26.1 Å². The zero-order valence-corrected chi connectivity index (χ0v) is 15.2. The quantitative estimate of drug-likeness (QED) is 0.521. The molecule has 1 aliphatic heterocycles. The van der Waals surface area contributed by atoms with Gasteiger partial charge < -0.3 is 9.64 Å². The molecule has 0 saturated carbocycles. The molecule has 0 amide bonds. The number of hydrogen-bond acceptors (Lipinski definition) is 4. The van der Waals surface area contributed by atoms with E-state index in [4.69, 9.17) is 27.0 Å². The highest BCUT2D eigenvalue weighted by molar-refractivity contribution is 9.10. The van der Waals surface area contributed by atoms with Crippen molar-refractivity contribution in [3.8, 4) is 5.75 Å². The van der Waals surface area contributed by atoms with E-state index in [1.807, 2.05) is 0 Å². The summed E-state index contributed by atoms with van der Waals surface area (Å²) < 4.78 is 29.3. The fourth-order valence-corrected chi connectivity index (χ4v) is 4.40. The molecule has 1 aromatic rings. The molecule has 4 nitrogen and oxygen atoms in total. The molecule has 0 aliphatic carbocycles. The fraction of sp³-hybridized carbons (Fsp3) is 0.538. The second-order valence-corrected chi connectivity index (χ2v) is 8.76. The van der Waals surface area contributed by atoms with Gasteiger partial charge in [0.15, 0.2) is 5.75 Å². The number of halogens is 3. The van der Waals surface area contributed by atoms with Gasteiger partial charge in [-0.25, -0.2) is 8.42 Å². The zero-order valence-electron chi connectivity index (χ0n) is 11.3. The lowest BCUT2D eigenvalue weighted by Crippen LogP contribution is -2.22. The van der Waals surface area contributed by atoms with E-state index in [9.17, 15) is 8.42 Å². The van der Waals surface area contributed by atoms with Gasteiger partial charge in [-0.1, -0.05) is 27.5 Å². The van der Waals surface area contributed by atoms with Gasteiger partial charge >= 0.3 is 0 Å². The lowest BCUT2D eigenvalue weighted by atomic mass is 10.3. The van der Waals surface area contributed by atoms with Crippen molar-refractivity contribution < 1.29 is 13.2 Å². The topological polar surface area (TPSA) is 46.6 Å². The van der Waals surface area contributed by atoms with Crippen LogP contribution in [0.1, 0.15) is 19.3 Å².